The molecular weight excluding hydrogens is 420 g/mol. The predicted octanol–water partition coefficient (Wildman–Crippen LogP) is 4.16. The topological polar surface area (TPSA) is 67.2 Å². The number of carbonyl (C=O) groups excluding carboxylic acids is 1. The fraction of sp³-hybridized carbons (Fsp3) is 0.400. The smallest absolute Gasteiger partial charge is 0.276 e. The van der Waals surface area contributed by atoms with Crippen molar-refractivity contribution in [1.82, 2.24) is 14.7 Å². The van der Waals surface area contributed by atoms with Crippen LogP contribution in [0.25, 0.3) is 10.8 Å². The first-order valence-corrected chi connectivity index (χ1v) is 12.3. The first-order valence-electron chi connectivity index (χ1n) is 11.1. The molecule has 2 heterocycles. The number of nitrogens with zero attached hydrogens (tertiary/aromatic N) is 3. The molecule has 1 aliphatic rings. The van der Waals surface area contributed by atoms with E-state index in [1.165, 1.54) is 21.8 Å². The average Bonchev–Trinajstić information content (AvgIpc) is 2.79. The lowest BCUT2D eigenvalue weighted by atomic mass is 10.1. The summed E-state index contributed by atoms with van der Waals surface area (Å²) in [6, 6.07) is 13.2. The van der Waals surface area contributed by atoms with Gasteiger partial charge in [0, 0.05) is 48.8 Å². The van der Waals surface area contributed by atoms with Crippen LogP contribution in [0.2, 0.25) is 0 Å². The van der Waals surface area contributed by atoms with E-state index in [9.17, 15) is 9.59 Å². The summed E-state index contributed by atoms with van der Waals surface area (Å²) in [6.07, 6.45) is 0. The molecule has 0 saturated carbocycles. The summed E-state index contributed by atoms with van der Waals surface area (Å²) < 4.78 is 1.42. The highest BCUT2D eigenvalue weighted by molar-refractivity contribution is 7.99. The number of carbonyl (C=O) groups is 1. The first kappa shape index (κ1) is 22.6. The van der Waals surface area contributed by atoms with E-state index in [1.807, 2.05) is 49.9 Å². The zero-order valence-corrected chi connectivity index (χ0v) is 19.7. The molecule has 7 heteroatoms. The minimum Gasteiger partial charge on any atom is -0.320 e. The molecule has 0 radical (unpaired) electrons. The maximum Gasteiger partial charge on any atom is 0.276 e. The quantitative estimate of drug-likeness (QED) is 0.611. The van der Waals surface area contributed by atoms with Gasteiger partial charge < -0.3 is 5.32 Å². The Morgan fingerprint density at radius 2 is 1.81 bits per heavy atom. The van der Waals surface area contributed by atoms with E-state index >= 15 is 0 Å². The van der Waals surface area contributed by atoms with Gasteiger partial charge in [-0.2, -0.15) is 16.9 Å². The average molecular weight is 451 g/mol. The Morgan fingerprint density at radius 3 is 2.53 bits per heavy atom. The molecule has 1 saturated heterocycles. The van der Waals surface area contributed by atoms with Gasteiger partial charge in [-0.1, -0.05) is 44.2 Å². The second-order valence-corrected chi connectivity index (χ2v) is 9.93. The fourth-order valence-electron chi connectivity index (χ4n) is 4.04. The van der Waals surface area contributed by atoms with E-state index in [1.54, 1.807) is 12.1 Å². The van der Waals surface area contributed by atoms with E-state index in [2.05, 4.69) is 28.3 Å². The zero-order valence-electron chi connectivity index (χ0n) is 18.9. The van der Waals surface area contributed by atoms with Crippen molar-refractivity contribution in [1.29, 1.82) is 0 Å². The summed E-state index contributed by atoms with van der Waals surface area (Å²) in [4.78, 5) is 28.6. The van der Waals surface area contributed by atoms with Crippen molar-refractivity contribution in [3.63, 3.8) is 0 Å². The fourth-order valence-corrected chi connectivity index (χ4v) is 5.02. The molecule has 1 N–H and O–H groups in total. The minimum absolute atomic E-state index is 0.163. The number of aromatic nitrogens is 2. The Morgan fingerprint density at radius 1 is 1.09 bits per heavy atom. The number of amides is 1. The monoisotopic (exact) mass is 450 g/mol. The van der Waals surface area contributed by atoms with Crippen molar-refractivity contribution in [2.24, 2.45) is 5.92 Å². The van der Waals surface area contributed by atoms with Crippen LogP contribution in [0.1, 0.15) is 35.5 Å². The highest BCUT2D eigenvalue weighted by Gasteiger charge is 2.19. The number of fused-ring (bicyclic) bond motifs is 1. The van der Waals surface area contributed by atoms with Gasteiger partial charge in [-0.25, -0.2) is 4.68 Å². The third-order valence-electron chi connectivity index (χ3n) is 5.81. The molecule has 1 amide bonds. The summed E-state index contributed by atoms with van der Waals surface area (Å²) in [5.41, 5.74) is 3.19. The van der Waals surface area contributed by atoms with Crippen LogP contribution in [0, 0.1) is 12.8 Å². The normalized spacial score (nSPS) is 14.8. The van der Waals surface area contributed by atoms with Crippen LogP contribution < -0.4 is 10.9 Å². The van der Waals surface area contributed by atoms with Crippen molar-refractivity contribution in [3.05, 3.63) is 69.6 Å². The lowest BCUT2D eigenvalue weighted by Crippen LogP contribution is -2.32. The van der Waals surface area contributed by atoms with Crippen LogP contribution in [0.3, 0.4) is 0 Å². The highest BCUT2D eigenvalue weighted by Crippen LogP contribution is 2.23. The predicted molar refractivity (Wildman–Crippen MR) is 133 cm³/mol. The van der Waals surface area contributed by atoms with Gasteiger partial charge in [0.05, 0.1) is 5.39 Å². The van der Waals surface area contributed by atoms with Crippen LogP contribution >= 0.6 is 11.8 Å². The van der Waals surface area contributed by atoms with Gasteiger partial charge in [0.1, 0.15) is 0 Å². The van der Waals surface area contributed by atoms with Crippen LogP contribution in [0.15, 0.2) is 47.3 Å². The van der Waals surface area contributed by atoms with E-state index in [0.717, 1.165) is 30.9 Å². The van der Waals surface area contributed by atoms with Crippen molar-refractivity contribution in [2.45, 2.75) is 33.9 Å². The molecular formula is C25H30N4O2S. The number of hydrogen-bond donors (Lipinski definition) is 1. The van der Waals surface area contributed by atoms with Gasteiger partial charge in [-0.05, 0) is 36.1 Å². The number of benzene rings is 2. The molecule has 1 fully saturated rings. The molecule has 0 aliphatic carbocycles. The van der Waals surface area contributed by atoms with E-state index < -0.39 is 0 Å². The Bertz CT molecular complexity index is 1180. The Labute approximate surface area is 193 Å². The van der Waals surface area contributed by atoms with Crippen molar-refractivity contribution in [3.8, 4) is 0 Å². The molecule has 0 atom stereocenters. The minimum atomic E-state index is -0.298. The molecule has 0 bridgehead atoms. The lowest BCUT2D eigenvalue weighted by molar-refractivity contribution is 0.102. The molecule has 1 aliphatic heterocycles. The van der Waals surface area contributed by atoms with Crippen molar-refractivity contribution in [2.75, 3.05) is 29.9 Å². The Hall–Kier alpha value is -2.64. The number of thioether (sulfide) groups is 1. The van der Waals surface area contributed by atoms with Crippen LogP contribution in [0.5, 0.6) is 0 Å². The third kappa shape index (κ3) is 4.89. The number of nitrogens with one attached hydrogen (secondary N) is 1. The van der Waals surface area contributed by atoms with E-state index in [0.29, 0.717) is 17.3 Å². The largest absolute Gasteiger partial charge is 0.320 e. The van der Waals surface area contributed by atoms with Crippen LogP contribution in [-0.2, 0) is 13.1 Å². The Kier molecular flexibility index (Phi) is 6.96. The second kappa shape index (κ2) is 9.88. The Balaban J connectivity index is 1.65. The standard InChI is InChI=1S/C25H30N4O2S/c1-17(2)15-29-25(31)21-9-5-4-8-20(21)23(27-29)24(30)26-22-10-6-7-19(18(22)3)16-28-11-13-32-14-12-28/h4-10,17H,11-16H2,1-3H3,(H,26,30). The summed E-state index contributed by atoms with van der Waals surface area (Å²) >= 11 is 2.00. The second-order valence-electron chi connectivity index (χ2n) is 8.71. The van der Waals surface area contributed by atoms with Crippen molar-refractivity contribution >= 4 is 34.1 Å². The lowest BCUT2D eigenvalue weighted by Gasteiger charge is -2.27. The molecule has 0 unspecified atom stereocenters. The summed E-state index contributed by atoms with van der Waals surface area (Å²) in [5.74, 6) is 2.28. The number of rotatable bonds is 6. The van der Waals surface area contributed by atoms with Crippen LogP contribution in [0.4, 0.5) is 5.69 Å². The first-order chi connectivity index (χ1) is 15.4. The van der Waals surface area contributed by atoms with Gasteiger partial charge in [0.2, 0.25) is 0 Å². The molecule has 32 heavy (non-hydrogen) atoms. The van der Waals surface area contributed by atoms with E-state index in [-0.39, 0.29) is 23.1 Å². The molecule has 6 nitrogen and oxygen atoms in total. The van der Waals surface area contributed by atoms with Gasteiger partial charge in [0.15, 0.2) is 5.69 Å². The van der Waals surface area contributed by atoms with Gasteiger partial charge in [-0.3, -0.25) is 14.5 Å². The maximum absolute atomic E-state index is 13.3. The molecule has 3 aromatic rings. The third-order valence-corrected chi connectivity index (χ3v) is 6.76. The molecule has 2 aromatic carbocycles. The van der Waals surface area contributed by atoms with E-state index in [4.69, 9.17) is 0 Å². The SMILES string of the molecule is Cc1c(CN2CCSCC2)cccc1NC(=O)c1nn(CC(C)C)c(=O)c2ccccc12. The zero-order chi connectivity index (χ0) is 22.7. The maximum atomic E-state index is 13.3. The number of anilines is 1. The summed E-state index contributed by atoms with van der Waals surface area (Å²) in [7, 11) is 0. The van der Waals surface area contributed by atoms with Gasteiger partial charge >= 0.3 is 0 Å². The molecule has 0 spiro atoms. The molecule has 168 valence electrons. The molecule has 1 aromatic heterocycles. The summed E-state index contributed by atoms with van der Waals surface area (Å²) in [5, 5.41) is 8.61. The van der Waals surface area contributed by atoms with Crippen molar-refractivity contribution < 1.29 is 4.79 Å². The van der Waals surface area contributed by atoms with Gasteiger partial charge in [-0.15, -0.1) is 0 Å². The highest BCUT2D eigenvalue weighted by atomic mass is 32.2. The van der Waals surface area contributed by atoms with Gasteiger partial charge in [0.25, 0.3) is 11.5 Å². The molecule has 4 rings (SSSR count). The summed E-state index contributed by atoms with van der Waals surface area (Å²) in [6.45, 7) is 9.64. The van der Waals surface area contributed by atoms with Crippen LogP contribution in [-0.4, -0.2) is 45.2 Å². The number of hydrogen-bond acceptors (Lipinski definition) is 5.